The molecule has 4 rings (SSSR count). The van der Waals surface area contributed by atoms with Crippen LogP contribution in [0.5, 0.6) is 5.75 Å². The van der Waals surface area contributed by atoms with Crippen molar-refractivity contribution in [3.63, 3.8) is 0 Å². The molecule has 0 spiro atoms. The van der Waals surface area contributed by atoms with Crippen molar-refractivity contribution in [2.75, 3.05) is 6.61 Å². The summed E-state index contributed by atoms with van der Waals surface area (Å²) in [6.45, 7) is -0.587. The second-order valence-corrected chi connectivity index (χ2v) is 6.93. The number of fused-ring (bicyclic) bond motifs is 1. The molecule has 0 aliphatic carbocycles. The van der Waals surface area contributed by atoms with Gasteiger partial charge in [0.2, 0.25) is 11.7 Å². The predicted octanol–water partition coefficient (Wildman–Crippen LogP) is 0.778. The lowest BCUT2D eigenvalue weighted by atomic mass is 9.99. The first kappa shape index (κ1) is 20.5. The molecule has 1 fully saturated rings. The SMILES string of the molecule is O=c1c(-c2ccccc2F)coc2cc(O[C@@H]3O[C@H](CO)[C@H](O)[C@@H](O)[C@H]3O)ccc12. The molecule has 30 heavy (non-hydrogen) atoms. The molecule has 2 heterocycles. The Morgan fingerprint density at radius 3 is 2.50 bits per heavy atom. The van der Waals surface area contributed by atoms with Crippen LogP contribution in [0.3, 0.4) is 0 Å². The van der Waals surface area contributed by atoms with Crippen molar-refractivity contribution in [3.8, 4) is 16.9 Å². The Balaban J connectivity index is 1.64. The molecule has 0 saturated carbocycles. The van der Waals surface area contributed by atoms with Crippen molar-refractivity contribution in [2.45, 2.75) is 30.7 Å². The maximum absolute atomic E-state index is 14.0. The normalized spacial score (nSPS) is 26.6. The molecule has 1 aromatic heterocycles. The fourth-order valence-electron chi connectivity index (χ4n) is 3.35. The maximum atomic E-state index is 14.0. The lowest BCUT2D eigenvalue weighted by Gasteiger charge is -2.39. The van der Waals surface area contributed by atoms with E-state index in [9.17, 15) is 29.6 Å². The number of benzene rings is 2. The molecule has 1 aliphatic rings. The highest BCUT2D eigenvalue weighted by Crippen LogP contribution is 2.28. The smallest absolute Gasteiger partial charge is 0.229 e. The van der Waals surface area contributed by atoms with Gasteiger partial charge in [0.25, 0.3) is 0 Å². The topological polar surface area (TPSA) is 130 Å². The van der Waals surface area contributed by atoms with Crippen molar-refractivity contribution in [2.24, 2.45) is 0 Å². The van der Waals surface area contributed by atoms with Crippen LogP contribution in [-0.2, 0) is 4.74 Å². The number of rotatable bonds is 4. The summed E-state index contributed by atoms with van der Waals surface area (Å²) in [6, 6.07) is 10.1. The van der Waals surface area contributed by atoms with Crippen LogP contribution in [0.15, 0.2) is 57.9 Å². The molecule has 5 atom stereocenters. The lowest BCUT2D eigenvalue weighted by Crippen LogP contribution is -2.60. The lowest BCUT2D eigenvalue weighted by molar-refractivity contribution is -0.277. The summed E-state index contributed by atoms with van der Waals surface area (Å²) in [5.41, 5.74) is -0.0825. The van der Waals surface area contributed by atoms with E-state index in [4.69, 9.17) is 13.9 Å². The number of hydrogen-bond donors (Lipinski definition) is 4. The van der Waals surface area contributed by atoms with Crippen LogP contribution in [-0.4, -0.2) is 57.7 Å². The van der Waals surface area contributed by atoms with Gasteiger partial charge in [-0.05, 0) is 18.2 Å². The molecule has 9 heteroatoms. The van der Waals surface area contributed by atoms with Crippen LogP contribution in [0.25, 0.3) is 22.1 Å². The number of hydrogen-bond acceptors (Lipinski definition) is 8. The zero-order chi connectivity index (χ0) is 21.4. The van der Waals surface area contributed by atoms with Crippen LogP contribution < -0.4 is 10.2 Å². The summed E-state index contributed by atoms with van der Waals surface area (Å²) < 4.78 is 30.4. The van der Waals surface area contributed by atoms with Gasteiger partial charge in [0.05, 0.1) is 17.6 Å². The van der Waals surface area contributed by atoms with Crippen LogP contribution in [0.4, 0.5) is 4.39 Å². The van der Waals surface area contributed by atoms with E-state index in [0.29, 0.717) is 0 Å². The van der Waals surface area contributed by atoms with E-state index in [0.717, 1.165) is 6.26 Å². The molecule has 3 aromatic rings. The number of aliphatic hydroxyl groups excluding tert-OH is 4. The summed E-state index contributed by atoms with van der Waals surface area (Å²) in [4.78, 5) is 12.8. The number of aliphatic hydroxyl groups is 4. The first-order chi connectivity index (χ1) is 14.4. The van der Waals surface area contributed by atoms with E-state index in [1.165, 1.54) is 36.4 Å². The van der Waals surface area contributed by atoms with Gasteiger partial charge in [-0.2, -0.15) is 0 Å². The minimum atomic E-state index is -1.58. The molecule has 8 nitrogen and oxygen atoms in total. The molecule has 2 aromatic carbocycles. The van der Waals surface area contributed by atoms with Gasteiger partial charge in [-0.25, -0.2) is 4.39 Å². The summed E-state index contributed by atoms with van der Waals surface area (Å²) in [6.07, 6.45) is -5.99. The van der Waals surface area contributed by atoms with E-state index in [2.05, 4.69) is 0 Å². The van der Waals surface area contributed by atoms with E-state index in [1.807, 2.05) is 0 Å². The second-order valence-electron chi connectivity index (χ2n) is 6.93. The Kier molecular flexibility index (Phi) is 5.54. The van der Waals surface area contributed by atoms with Gasteiger partial charge in [-0.1, -0.05) is 18.2 Å². The maximum Gasteiger partial charge on any atom is 0.229 e. The predicted molar refractivity (Wildman–Crippen MR) is 102 cm³/mol. The molecule has 0 bridgehead atoms. The summed E-state index contributed by atoms with van der Waals surface area (Å²) in [5.74, 6) is -0.402. The van der Waals surface area contributed by atoms with Crippen molar-refractivity contribution in [3.05, 3.63) is 64.8 Å². The zero-order valence-electron chi connectivity index (χ0n) is 15.5. The Labute approximate surface area is 169 Å². The van der Waals surface area contributed by atoms with E-state index in [1.54, 1.807) is 6.07 Å². The molecular formula is C21H19FO8. The Bertz CT molecular complexity index is 1110. The first-order valence-corrected chi connectivity index (χ1v) is 9.18. The number of ether oxygens (including phenoxy) is 2. The highest BCUT2D eigenvalue weighted by atomic mass is 19.1. The van der Waals surface area contributed by atoms with Crippen molar-refractivity contribution >= 4 is 11.0 Å². The van der Waals surface area contributed by atoms with Crippen molar-refractivity contribution in [1.82, 2.24) is 0 Å². The molecule has 0 radical (unpaired) electrons. The Hall–Kier alpha value is -2.82. The minimum absolute atomic E-state index is 0.0724. The van der Waals surface area contributed by atoms with Crippen LogP contribution in [0.1, 0.15) is 0 Å². The monoisotopic (exact) mass is 418 g/mol. The quantitative estimate of drug-likeness (QED) is 0.489. The van der Waals surface area contributed by atoms with E-state index < -0.39 is 48.6 Å². The minimum Gasteiger partial charge on any atom is -0.463 e. The van der Waals surface area contributed by atoms with Gasteiger partial charge < -0.3 is 34.3 Å². The third kappa shape index (κ3) is 3.57. The fraction of sp³-hybridized carbons (Fsp3) is 0.286. The highest BCUT2D eigenvalue weighted by Gasteiger charge is 2.44. The Morgan fingerprint density at radius 2 is 1.77 bits per heavy atom. The standard InChI is InChI=1S/C21H19FO8/c22-14-4-2-1-3-11(14)13-9-28-15-7-10(5-6-12(15)17(13)24)29-21-20(27)19(26)18(25)16(8-23)30-21/h1-7,9,16,18-21,23,25-27H,8H2/t16-,18+,19-,20-,21-/m1/s1. The molecule has 0 amide bonds. The molecule has 0 unspecified atom stereocenters. The Morgan fingerprint density at radius 1 is 1.00 bits per heavy atom. The number of halogens is 1. The van der Waals surface area contributed by atoms with E-state index in [-0.39, 0.29) is 27.8 Å². The molecular weight excluding hydrogens is 399 g/mol. The van der Waals surface area contributed by atoms with Crippen LogP contribution >= 0.6 is 0 Å². The van der Waals surface area contributed by atoms with Gasteiger partial charge in [-0.3, -0.25) is 4.79 Å². The summed E-state index contributed by atoms with van der Waals surface area (Å²) in [7, 11) is 0. The highest BCUT2D eigenvalue weighted by molar-refractivity contribution is 5.82. The van der Waals surface area contributed by atoms with Gasteiger partial charge >= 0.3 is 0 Å². The zero-order valence-corrected chi connectivity index (χ0v) is 15.5. The third-order valence-electron chi connectivity index (χ3n) is 5.01. The summed E-state index contributed by atoms with van der Waals surface area (Å²) in [5, 5.41) is 39.2. The van der Waals surface area contributed by atoms with Gasteiger partial charge in [0.15, 0.2) is 0 Å². The van der Waals surface area contributed by atoms with Gasteiger partial charge in [-0.15, -0.1) is 0 Å². The first-order valence-electron chi connectivity index (χ1n) is 9.18. The van der Waals surface area contributed by atoms with E-state index >= 15 is 0 Å². The van der Waals surface area contributed by atoms with Gasteiger partial charge in [0.1, 0.15) is 47.8 Å². The van der Waals surface area contributed by atoms with Crippen LogP contribution in [0, 0.1) is 5.82 Å². The molecule has 158 valence electrons. The molecule has 1 saturated heterocycles. The largest absolute Gasteiger partial charge is 0.463 e. The van der Waals surface area contributed by atoms with Crippen molar-refractivity contribution in [1.29, 1.82) is 0 Å². The average molecular weight is 418 g/mol. The van der Waals surface area contributed by atoms with Gasteiger partial charge in [0, 0.05) is 11.6 Å². The van der Waals surface area contributed by atoms with Crippen molar-refractivity contribution < 1.29 is 38.7 Å². The fourth-order valence-corrected chi connectivity index (χ4v) is 3.35. The average Bonchev–Trinajstić information content (AvgIpc) is 2.75. The second kappa shape index (κ2) is 8.13. The molecule has 4 N–H and O–H groups in total. The van der Waals surface area contributed by atoms with Crippen LogP contribution in [0.2, 0.25) is 0 Å². The molecule has 1 aliphatic heterocycles. The third-order valence-corrected chi connectivity index (χ3v) is 5.01. The summed E-state index contributed by atoms with van der Waals surface area (Å²) >= 11 is 0.